The van der Waals surface area contributed by atoms with Crippen molar-refractivity contribution >= 4 is 28.3 Å². The Kier molecular flexibility index (Phi) is 5.39. The van der Waals surface area contributed by atoms with Crippen molar-refractivity contribution in [3.05, 3.63) is 92.9 Å². The maximum absolute atomic E-state index is 9.68. The lowest BCUT2D eigenvalue weighted by atomic mass is 9.90. The summed E-state index contributed by atoms with van der Waals surface area (Å²) < 4.78 is 8.36. The molecule has 0 radical (unpaired) electrons. The zero-order valence-electron chi connectivity index (χ0n) is 18.8. The quantitative estimate of drug-likeness (QED) is 0.343. The number of benzene rings is 2. The van der Waals surface area contributed by atoms with Crippen molar-refractivity contribution < 1.29 is 4.74 Å². The van der Waals surface area contributed by atoms with Gasteiger partial charge in [-0.05, 0) is 42.7 Å². The highest BCUT2D eigenvalue weighted by atomic mass is 35.5. The number of nitriles is 1. The number of aryl methyl sites for hydroxylation is 2. The third kappa shape index (κ3) is 3.67. The maximum atomic E-state index is 9.68. The largest absolute Gasteiger partial charge is 0.488 e. The fourth-order valence-corrected chi connectivity index (χ4v) is 4.76. The number of hydrogen-bond acceptors (Lipinski definition) is 4. The molecule has 2 aromatic heterocycles. The SMILES string of the molecule is CCc1nc2c(Cl)cc(C)nc2n1Cc1ccc2c(c1)OCc1ccccc1/C2=C(/C)C#N. The zero-order chi connectivity index (χ0) is 23.1. The summed E-state index contributed by atoms with van der Waals surface area (Å²) in [6.07, 6.45) is 0.775. The second-order valence-corrected chi connectivity index (χ2v) is 8.68. The molecule has 6 heteroatoms. The fourth-order valence-electron chi connectivity index (χ4n) is 4.47. The van der Waals surface area contributed by atoms with E-state index >= 15 is 0 Å². The van der Waals surface area contributed by atoms with E-state index in [0.717, 1.165) is 62.7 Å². The van der Waals surface area contributed by atoms with E-state index in [-0.39, 0.29) is 0 Å². The van der Waals surface area contributed by atoms with Crippen molar-refractivity contribution in [3.8, 4) is 11.8 Å². The Hall–Kier alpha value is -3.62. The van der Waals surface area contributed by atoms with E-state index in [0.29, 0.717) is 23.7 Å². The van der Waals surface area contributed by atoms with E-state index in [1.165, 1.54) is 0 Å². The summed E-state index contributed by atoms with van der Waals surface area (Å²) in [5, 5.41) is 10.3. The minimum absolute atomic E-state index is 0.458. The number of halogens is 1. The first kappa shape index (κ1) is 21.2. The maximum Gasteiger partial charge on any atom is 0.162 e. The van der Waals surface area contributed by atoms with Crippen LogP contribution in [0.4, 0.5) is 0 Å². The van der Waals surface area contributed by atoms with Gasteiger partial charge < -0.3 is 9.30 Å². The Morgan fingerprint density at radius 3 is 2.76 bits per heavy atom. The molecule has 0 N–H and O–H groups in total. The molecule has 2 aromatic carbocycles. The van der Waals surface area contributed by atoms with E-state index < -0.39 is 0 Å². The van der Waals surface area contributed by atoms with E-state index in [9.17, 15) is 5.26 Å². The van der Waals surface area contributed by atoms with E-state index in [2.05, 4.69) is 47.9 Å². The molecular formula is C27H23ClN4O. The highest BCUT2D eigenvalue weighted by Crippen LogP contribution is 2.39. The molecule has 0 bridgehead atoms. The second kappa shape index (κ2) is 8.38. The fraction of sp³-hybridized carbons (Fsp3) is 0.222. The van der Waals surface area contributed by atoms with Crippen molar-refractivity contribution in [2.45, 2.75) is 40.3 Å². The Morgan fingerprint density at radius 2 is 1.97 bits per heavy atom. The first-order chi connectivity index (χ1) is 16.0. The third-order valence-electron chi connectivity index (χ3n) is 6.05. The number of hydrogen-bond donors (Lipinski definition) is 0. The predicted octanol–water partition coefficient (Wildman–Crippen LogP) is 6.24. The van der Waals surface area contributed by atoms with Crippen LogP contribution in [0.25, 0.3) is 16.7 Å². The summed E-state index contributed by atoms with van der Waals surface area (Å²) in [7, 11) is 0. The van der Waals surface area contributed by atoms with E-state index in [1.807, 2.05) is 32.0 Å². The van der Waals surface area contributed by atoms with Crippen LogP contribution < -0.4 is 4.74 Å². The number of rotatable bonds is 3. The van der Waals surface area contributed by atoms with Gasteiger partial charge in [-0.2, -0.15) is 5.26 Å². The van der Waals surface area contributed by atoms with Crippen LogP contribution in [0.5, 0.6) is 5.75 Å². The van der Waals surface area contributed by atoms with Gasteiger partial charge in [0.15, 0.2) is 5.65 Å². The average molecular weight is 455 g/mol. The first-order valence-corrected chi connectivity index (χ1v) is 11.4. The molecule has 0 atom stereocenters. The van der Waals surface area contributed by atoms with Crippen LogP contribution in [0, 0.1) is 18.3 Å². The second-order valence-electron chi connectivity index (χ2n) is 8.27. The molecule has 5 rings (SSSR count). The Labute approximate surface area is 197 Å². The summed E-state index contributed by atoms with van der Waals surface area (Å²) in [5.41, 5.74) is 8.11. The molecule has 164 valence electrons. The third-order valence-corrected chi connectivity index (χ3v) is 6.34. The van der Waals surface area contributed by atoms with Crippen LogP contribution in [0.15, 0.2) is 54.1 Å². The highest BCUT2D eigenvalue weighted by molar-refractivity contribution is 6.34. The zero-order valence-corrected chi connectivity index (χ0v) is 19.6. The van der Waals surface area contributed by atoms with Crippen LogP contribution >= 0.6 is 11.6 Å². The minimum Gasteiger partial charge on any atom is -0.488 e. The van der Waals surface area contributed by atoms with Gasteiger partial charge in [0.2, 0.25) is 0 Å². The van der Waals surface area contributed by atoms with Gasteiger partial charge in [0.25, 0.3) is 0 Å². The van der Waals surface area contributed by atoms with Crippen molar-refractivity contribution in [1.29, 1.82) is 5.26 Å². The highest BCUT2D eigenvalue weighted by Gasteiger charge is 2.22. The van der Waals surface area contributed by atoms with Gasteiger partial charge in [0.1, 0.15) is 23.7 Å². The standard InChI is InChI=1S/C27H23ClN4O/c1-4-24-31-26-22(28)11-17(3)30-27(26)32(24)14-18-9-10-21-23(12-18)33-15-19-7-5-6-8-20(19)25(21)16(2)13-29/h5-12H,4,14-15H2,1-3H3/b25-16+. The molecule has 0 spiro atoms. The van der Waals surface area contributed by atoms with Crippen molar-refractivity contribution in [1.82, 2.24) is 14.5 Å². The van der Waals surface area contributed by atoms with Crippen LogP contribution in [-0.4, -0.2) is 14.5 Å². The van der Waals surface area contributed by atoms with Crippen molar-refractivity contribution in [3.63, 3.8) is 0 Å². The first-order valence-electron chi connectivity index (χ1n) is 11.0. The van der Waals surface area contributed by atoms with Gasteiger partial charge >= 0.3 is 0 Å². The Bertz CT molecular complexity index is 1480. The number of nitrogens with zero attached hydrogens (tertiary/aromatic N) is 4. The van der Waals surface area contributed by atoms with Gasteiger partial charge in [-0.25, -0.2) is 9.97 Å². The molecule has 1 aliphatic rings. The van der Waals surface area contributed by atoms with Crippen LogP contribution in [-0.2, 0) is 19.6 Å². The van der Waals surface area contributed by atoms with Crippen LogP contribution in [0.1, 0.15) is 47.6 Å². The van der Waals surface area contributed by atoms with Crippen LogP contribution in [0.3, 0.4) is 0 Å². The van der Waals surface area contributed by atoms with Gasteiger partial charge in [-0.15, -0.1) is 0 Å². The minimum atomic E-state index is 0.458. The molecule has 0 saturated heterocycles. The number of ether oxygens (including phenoxy) is 1. The molecule has 0 aliphatic carbocycles. The Morgan fingerprint density at radius 1 is 1.15 bits per heavy atom. The molecule has 0 fully saturated rings. The lowest BCUT2D eigenvalue weighted by Crippen LogP contribution is -2.06. The molecule has 3 heterocycles. The molecule has 1 aliphatic heterocycles. The lowest BCUT2D eigenvalue weighted by Gasteiger charge is -2.14. The van der Waals surface area contributed by atoms with Crippen LogP contribution in [0.2, 0.25) is 5.02 Å². The van der Waals surface area contributed by atoms with Gasteiger partial charge in [-0.3, -0.25) is 0 Å². The van der Waals surface area contributed by atoms with Gasteiger partial charge in [0.05, 0.1) is 17.6 Å². The summed E-state index contributed by atoms with van der Waals surface area (Å²) in [6, 6.07) is 18.5. The summed E-state index contributed by atoms with van der Waals surface area (Å²) in [4.78, 5) is 9.46. The number of imidazole rings is 1. The summed E-state index contributed by atoms with van der Waals surface area (Å²) in [5.74, 6) is 1.71. The molecule has 0 amide bonds. The monoisotopic (exact) mass is 454 g/mol. The predicted molar refractivity (Wildman–Crippen MR) is 130 cm³/mol. The lowest BCUT2D eigenvalue weighted by molar-refractivity contribution is 0.307. The van der Waals surface area contributed by atoms with Gasteiger partial charge in [0, 0.05) is 28.8 Å². The topological polar surface area (TPSA) is 63.7 Å². The van der Waals surface area contributed by atoms with Gasteiger partial charge in [-0.1, -0.05) is 54.9 Å². The molecule has 0 unspecified atom stereocenters. The average Bonchev–Trinajstić information content (AvgIpc) is 3.07. The number of allylic oxidation sites excluding steroid dienone is 1. The van der Waals surface area contributed by atoms with Crippen molar-refractivity contribution in [2.24, 2.45) is 0 Å². The number of fused-ring (bicyclic) bond motifs is 3. The van der Waals surface area contributed by atoms with E-state index in [1.54, 1.807) is 0 Å². The molecule has 4 aromatic rings. The van der Waals surface area contributed by atoms with E-state index in [4.69, 9.17) is 26.3 Å². The molecule has 0 saturated carbocycles. The summed E-state index contributed by atoms with van der Waals surface area (Å²) >= 11 is 6.46. The number of aromatic nitrogens is 3. The summed E-state index contributed by atoms with van der Waals surface area (Å²) in [6.45, 7) is 6.94. The number of pyridine rings is 1. The molecule has 33 heavy (non-hydrogen) atoms. The smallest absolute Gasteiger partial charge is 0.162 e. The van der Waals surface area contributed by atoms with Crippen molar-refractivity contribution in [2.75, 3.05) is 0 Å². The Balaban J connectivity index is 1.62. The normalized spacial score (nSPS) is 14.2. The molecular weight excluding hydrogens is 432 g/mol. The molecule has 5 nitrogen and oxygen atoms in total.